The highest BCUT2D eigenvalue weighted by Gasteiger charge is 2.62. The Morgan fingerprint density at radius 1 is 0.979 bits per heavy atom. The zero-order valence-electron chi connectivity index (χ0n) is 28.7. The van der Waals surface area contributed by atoms with Gasteiger partial charge in [0.15, 0.2) is 5.69 Å². The molecule has 11 heteroatoms. The minimum Gasteiger partial charge on any atom is -0.496 e. The number of amides is 2. The molecule has 1 aromatic heterocycles. The third-order valence-corrected chi connectivity index (χ3v) is 11.2. The Morgan fingerprint density at radius 3 is 2.10 bits per heavy atom. The Morgan fingerprint density at radius 2 is 1.58 bits per heavy atom. The fourth-order valence-electron chi connectivity index (χ4n) is 8.90. The number of rotatable bonds is 12. The van der Waals surface area contributed by atoms with Gasteiger partial charge in [0.2, 0.25) is 5.91 Å². The Balaban J connectivity index is 1.39. The number of ether oxygens (including phenoxy) is 2. The van der Waals surface area contributed by atoms with Gasteiger partial charge >= 0.3 is 5.97 Å². The summed E-state index contributed by atoms with van der Waals surface area (Å²) in [5.74, 6) is 0.357. The molecule has 2 amide bonds. The third kappa shape index (κ3) is 5.71. The van der Waals surface area contributed by atoms with Crippen LogP contribution in [-0.4, -0.2) is 76.5 Å². The molecule has 11 nitrogen and oxygen atoms in total. The quantitative estimate of drug-likeness (QED) is 0.231. The zero-order valence-corrected chi connectivity index (χ0v) is 28.7. The highest BCUT2D eigenvalue weighted by atomic mass is 16.5. The van der Waals surface area contributed by atoms with Crippen LogP contribution in [0, 0.1) is 30.6 Å². The minimum absolute atomic E-state index is 0.0946. The second-order valence-electron chi connectivity index (χ2n) is 13.7. The number of aliphatic carboxylic acids is 1. The van der Waals surface area contributed by atoms with Crippen molar-refractivity contribution in [3.63, 3.8) is 0 Å². The van der Waals surface area contributed by atoms with Gasteiger partial charge in [-0.1, -0.05) is 19.9 Å². The van der Waals surface area contributed by atoms with Gasteiger partial charge in [0.1, 0.15) is 17.0 Å². The maximum absolute atomic E-state index is 14.1. The van der Waals surface area contributed by atoms with Crippen LogP contribution >= 0.6 is 0 Å². The van der Waals surface area contributed by atoms with Crippen molar-refractivity contribution in [3.05, 3.63) is 53.7 Å². The van der Waals surface area contributed by atoms with E-state index >= 15 is 0 Å². The van der Waals surface area contributed by atoms with E-state index in [9.17, 15) is 19.5 Å². The van der Waals surface area contributed by atoms with Crippen molar-refractivity contribution < 1.29 is 29.0 Å². The molecule has 256 valence electrons. The summed E-state index contributed by atoms with van der Waals surface area (Å²) in [6.07, 6.45) is 4.48. The summed E-state index contributed by atoms with van der Waals surface area (Å²) in [5.41, 5.74) is 2.05. The molecule has 4 bridgehead atoms. The number of methoxy groups -OCH3 is 2. The summed E-state index contributed by atoms with van der Waals surface area (Å²) < 4.78 is 13.1. The van der Waals surface area contributed by atoms with Crippen LogP contribution in [-0.2, 0) is 9.59 Å². The first-order valence-electron chi connectivity index (χ1n) is 17.1. The van der Waals surface area contributed by atoms with E-state index in [1.807, 2.05) is 64.1 Å². The largest absolute Gasteiger partial charge is 0.496 e. The van der Waals surface area contributed by atoms with Gasteiger partial charge in [-0.2, -0.15) is 5.10 Å². The fraction of sp³-hybridized carbons (Fsp3) is 0.514. The molecule has 0 aliphatic heterocycles. The van der Waals surface area contributed by atoms with Crippen LogP contribution < -0.4 is 20.1 Å². The number of anilines is 1. The molecule has 0 saturated heterocycles. The van der Waals surface area contributed by atoms with Crippen molar-refractivity contribution in [1.82, 2.24) is 20.0 Å². The molecular formula is C37H47N5O6. The number of nitrogens with zero attached hydrogens (tertiary/aromatic N) is 3. The predicted octanol–water partition coefficient (Wildman–Crippen LogP) is 5.54. The second-order valence-corrected chi connectivity index (χ2v) is 13.7. The first-order valence-corrected chi connectivity index (χ1v) is 17.1. The van der Waals surface area contributed by atoms with Gasteiger partial charge in [-0.3, -0.25) is 14.5 Å². The van der Waals surface area contributed by atoms with E-state index in [0.717, 1.165) is 44.3 Å². The third-order valence-electron chi connectivity index (χ3n) is 11.2. The van der Waals surface area contributed by atoms with Crippen LogP contribution in [0.2, 0.25) is 0 Å². The van der Waals surface area contributed by atoms with Gasteiger partial charge in [-0.15, -0.1) is 0 Å². The van der Waals surface area contributed by atoms with Crippen molar-refractivity contribution in [2.45, 2.75) is 71.4 Å². The number of aryl methyl sites for hydroxylation is 1. The molecule has 1 heterocycles. The predicted molar refractivity (Wildman–Crippen MR) is 183 cm³/mol. The molecule has 3 aromatic rings. The molecule has 0 spiro atoms. The lowest BCUT2D eigenvalue weighted by Crippen LogP contribution is -2.70. The molecule has 4 aliphatic carbocycles. The normalized spacial score (nSPS) is 24.7. The molecule has 1 unspecified atom stereocenters. The van der Waals surface area contributed by atoms with E-state index in [1.165, 1.54) is 6.42 Å². The molecule has 0 radical (unpaired) electrons. The number of nitrogens with one attached hydrogen (secondary N) is 2. The van der Waals surface area contributed by atoms with E-state index in [2.05, 4.69) is 15.5 Å². The Bertz CT molecular complexity index is 1660. The minimum atomic E-state index is -1.31. The number of carbonyl (C=O) groups is 3. The Labute approximate surface area is 282 Å². The van der Waals surface area contributed by atoms with Crippen LogP contribution in [0.5, 0.6) is 11.5 Å². The van der Waals surface area contributed by atoms with Gasteiger partial charge in [0, 0.05) is 5.69 Å². The van der Waals surface area contributed by atoms with Gasteiger partial charge in [0.25, 0.3) is 5.91 Å². The number of carboxylic acids is 1. The van der Waals surface area contributed by atoms with E-state index in [-0.39, 0.29) is 29.5 Å². The fourth-order valence-corrected chi connectivity index (χ4v) is 8.90. The number of aromatic nitrogens is 2. The molecule has 48 heavy (non-hydrogen) atoms. The first kappa shape index (κ1) is 33.5. The number of carbonyl (C=O) groups excluding carboxylic acids is 2. The lowest BCUT2D eigenvalue weighted by atomic mass is 9.48. The van der Waals surface area contributed by atoms with Crippen molar-refractivity contribution >= 4 is 23.5 Å². The summed E-state index contributed by atoms with van der Waals surface area (Å²) in [7, 11) is 3.13. The van der Waals surface area contributed by atoms with Crippen LogP contribution in [0.25, 0.3) is 16.9 Å². The monoisotopic (exact) mass is 657 g/mol. The Kier molecular flexibility index (Phi) is 9.26. The number of likely N-dealkylation sites (N-methyl/N-ethyl adjacent to an activating group) is 1. The second kappa shape index (κ2) is 13.3. The molecule has 7 rings (SSSR count). The van der Waals surface area contributed by atoms with E-state index in [0.29, 0.717) is 46.0 Å². The smallest absolute Gasteiger partial charge is 0.330 e. The number of carboxylic acid groups (broad SMARTS) is 1. The topological polar surface area (TPSA) is 135 Å². The SMILES string of the molecule is CCN(CC)C(C)C(=O)Nc1ccc(-n2nc(C(=O)NC3(C(=O)O)C4CC5CC(C4)CC3C5)cc2-c2c(OC)cccc2OC)c(C)c1. The summed E-state index contributed by atoms with van der Waals surface area (Å²) in [4.78, 5) is 42.3. The number of hydrogen-bond donors (Lipinski definition) is 3. The first-order chi connectivity index (χ1) is 23.0. The van der Waals surface area contributed by atoms with Gasteiger partial charge in [0.05, 0.1) is 37.2 Å². The van der Waals surface area contributed by atoms with Gasteiger partial charge in [-0.25, -0.2) is 9.48 Å². The van der Waals surface area contributed by atoms with Crippen LogP contribution in [0.4, 0.5) is 5.69 Å². The number of hydrogen-bond acceptors (Lipinski definition) is 7. The van der Waals surface area contributed by atoms with E-state index in [1.54, 1.807) is 25.0 Å². The molecule has 4 fully saturated rings. The van der Waals surface area contributed by atoms with Crippen molar-refractivity contribution in [2.24, 2.45) is 23.7 Å². The van der Waals surface area contributed by atoms with Crippen molar-refractivity contribution in [2.75, 3.05) is 32.6 Å². The molecule has 1 atom stereocenters. The van der Waals surface area contributed by atoms with Gasteiger partial charge in [-0.05, 0) is 125 Å². The average Bonchev–Trinajstić information content (AvgIpc) is 3.50. The van der Waals surface area contributed by atoms with Crippen LogP contribution in [0.1, 0.15) is 68.9 Å². The van der Waals surface area contributed by atoms with E-state index in [4.69, 9.17) is 14.6 Å². The highest BCUT2D eigenvalue weighted by molar-refractivity contribution is 5.98. The lowest BCUT2D eigenvalue weighted by molar-refractivity contribution is -0.163. The van der Waals surface area contributed by atoms with E-state index < -0.39 is 17.4 Å². The summed E-state index contributed by atoms with van der Waals surface area (Å²) in [6, 6.07) is 12.4. The summed E-state index contributed by atoms with van der Waals surface area (Å²) in [5, 5.41) is 21.5. The molecule has 4 saturated carbocycles. The summed E-state index contributed by atoms with van der Waals surface area (Å²) >= 11 is 0. The van der Waals surface area contributed by atoms with Crippen molar-refractivity contribution in [3.8, 4) is 28.4 Å². The maximum atomic E-state index is 14.1. The zero-order chi connectivity index (χ0) is 34.3. The summed E-state index contributed by atoms with van der Waals surface area (Å²) in [6.45, 7) is 9.40. The maximum Gasteiger partial charge on any atom is 0.330 e. The number of benzene rings is 2. The highest BCUT2D eigenvalue weighted by Crippen LogP contribution is 2.58. The molecular weight excluding hydrogens is 610 g/mol. The Hall–Kier alpha value is -4.38. The lowest BCUT2D eigenvalue weighted by Gasteiger charge is -2.59. The standard InChI is InChI=1S/C37H47N5O6/c1-7-41(8-2)22(4)34(43)38-27-12-13-29(21(3)14-27)42-30(33-31(47-5)10-9-11-32(33)48-6)20-28(40-42)35(44)39-37(36(45)46)25-16-23-15-24(18-25)19-26(37)17-23/h9-14,20,22-26H,7-8,15-19H2,1-6H3,(H,38,43)(H,39,44)(H,45,46). The van der Waals surface area contributed by atoms with Crippen LogP contribution in [0.15, 0.2) is 42.5 Å². The van der Waals surface area contributed by atoms with Crippen molar-refractivity contribution in [1.29, 1.82) is 0 Å². The molecule has 4 aliphatic rings. The van der Waals surface area contributed by atoms with Crippen LogP contribution in [0.3, 0.4) is 0 Å². The average molecular weight is 658 g/mol. The van der Waals surface area contributed by atoms with Gasteiger partial charge < -0.3 is 25.2 Å². The molecule has 2 aromatic carbocycles. The molecule has 3 N–H and O–H groups in total.